The molecule has 0 aromatic carbocycles. The third kappa shape index (κ3) is 6.42. The topological polar surface area (TPSA) is 89.6 Å². The number of hydrogen-bond acceptors (Lipinski definition) is 4. The van der Waals surface area contributed by atoms with Crippen molar-refractivity contribution in [2.75, 3.05) is 6.61 Å². The van der Waals surface area contributed by atoms with Gasteiger partial charge in [0, 0.05) is 0 Å². The van der Waals surface area contributed by atoms with Crippen LogP contribution in [0.4, 0.5) is 0 Å². The van der Waals surface area contributed by atoms with E-state index >= 15 is 0 Å². The maximum atomic E-state index is 11.1. The van der Waals surface area contributed by atoms with Gasteiger partial charge in [-0.3, -0.25) is 9.59 Å². The number of carboxylic acid groups (broad SMARTS) is 1. The highest BCUT2D eigenvalue weighted by Crippen LogP contribution is 2.13. The second-order valence-corrected chi connectivity index (χ2v) is 4.37. The normalized spacial score (nSPS) is 13.4. The zero-order valence-electron chi connectivity index (χ0n) is 8.74. The quantitative estimate of drug-likeness (QED) is 0.644. The van der Waals surface area contributed by atoms with Crippen LogP contribution in [0.5, 0.6) is 0 Å². The highest BCUT2D eigenvalue weighted by Gasteiger charge is 2.21. The van der Waals surface area contributed by atoms with E-state index in [0.717, 1.165) is 0 Å². The van der Waals surface area contributed by atoms with Crippen LogP contribution < -0.4 is 5.73 Å². The first kappa shape index (κ1) is 12.9. The summed E-state index contributed by atoms with van der Waals surface area (Å²) in [5.74, 6) is -1.77. The van der Waals surface area contributed by atoms with E-state index in [9.17, 15) is 9.59 Å². The largest absolute Gasteiger partial charge is 0.481 e. The Morgan fingerprint density at radius 3 is 2.29 bits per heavy atom. The molecular formula is C9H17NO4. The summed E-state index contributed by atoms with van der Waals surface area (Å²) >= 11 is 0. The van der Waals surface area contributed by atoms with Crippen LogP contribution in [0, 0.1) is 5.41 Å². The Hall–Kier alpha value is -1.10. The van der Waals surface area contributed by atoms with Gasteiger partial charge in [0.05, 0.1) is 13.0 Å². The van der Waals surface area contributed by atoms with Gasteiger partial charge in [0.1, 0.15) is 6.04 Å². The first-order valence-corrected chi connectivity index (χ1v) is 4.36. The van der Waals surface area contributed by atoms with Gasteiger partial charge >= 0.3 is 11.9 Å². The molecule has 1 unspecified atom stereocenters. The van der Waals surface area contributed by atoms with Crippen LogP contribution in [-0.4, -0.2) is 29.7 Å². The Balaban J connectivity index is 3.91. The van der Waals surface area contributed by atoms with Gasteiger partial charge in [-0.1, -0.05) is 20.8 Å². The highest BCUT2D eigenvalue weighted by atomic mass is 16.5. The average Bonchev–Trinajstić information content (AvgIpc) is 1.97. The number of carboxylic acids is 1. The fraction of sp³-hybridized carbons (Fsp3) is 0.778. The lowest BCUT2D eigenvalue weighted by atomic mass is 9.99. The fourth-order valence-electron chi connectivity index (χ4n) is 0.666. The number of esters is 1. The molecule has 0 aliphatic rings. The summed E-state index contributed by atoms with van der Waals surface area (Å²) in [5.41, 5.74) is 5.15. The Kier molecular flexibility index (Phi) is 4.56. The number of hydrogen-bond donors (Lipinski definition) is 2. The molecular weight excluding hydrogens is 186 g/mol. The van der Waals surface area contributed by atoms with E-state index in [4.69, 9.17) is 15.6 Å². The molecule has 5 nitrogen and oxygen atoms in total. The molecule has 1 atom stereocenters. The minimum Gasteiger partial charge on any atom is -0.481 e. The van der Waals surface area contributed by atoms with E-state index in [0.29, 0.717) is 0 Å². The van der Waals surface area contributed by atoms with Crippen molar-refractivity contribution in [3.8, 4) is 0 Å². The highest BCUT2D eigenvalue weighted by molar-refractivity contribution is 5.81. The minimum absolute atomic E-state index is 0.140. The molecule has 0 aliphatic carbocycles. The molecule has 0 rings (SSSR count). The lowest BCUT2D eigenvalue weighted by Crippen LogP contribution is -2.36. The van der Waals surface area contributed by atoms with Crippen molar-refractivity contribution in [2.45, 2.75) is 33.2 Å². The van der Waals surface area contributed by atoms with Crippen molar-refractivity contribution in [2.24, 2.45) is 11.1 Å². The Labute approximate surface area is 83.2 Å². The van der Waals surface area contributed by atoms with Crippen molar-refractivity contribution in [1.82, 2.24) is 0 Å². The summed E-state index contributed by atoms with van der Waals surface area (Å²) < 4.78 is 4.84. The lowest BCUT2D eigenvalue weighted by Gasteiger charge is -2.19. The monoisotopic (exact) mass is 203 g/mol. The maximum Gasteiger partial charge on any atom is 0.323 e. The van der Waals surface area contributed by atoms with E-state index in [2.05, 4.69) is 0 Å². The molecule has 3 N–H and O–H groups in total. The number of rotatable bonds is 4. The predicted octanol–water partition coefficient (Wildman–Crippen LogP) is 0.378. The van der Waals surface area contributed by atoms with E-state index in [-0.39, 0.29) is 12.0 Å². The number of aliphatic carboxylic acids is 1. The molecule has 0 heterocycles. The maximum absolute atomic E-state index is 11.1. The number of ether oxygens (including phenoxy) is 1. The SMILES string of the molecule is CC(C)(C)COC(=O)C(N)CC(=O)O. The zero-order chi connectivity index (χ0) is 11.4. The van der Waals surface area contributed by atoms with Gasteiger partial charge in [-0.2, -0.15) is 0 Å². The van der Waals surface area contributed by atoms with Crippen LogP contribution in [0.3, 0.4) is 0 Å². The summed E-state index contributed by atoms with van der Waals surface area (Å²) in [6.45, 7) is 5.95. The predicted molar refractivity (Wildman–Crippen MR) is 50.6 cm³/mol. The molecule has 0 amide bonds. The molecule has 82 valence electrons. The molecule has 0 aromatic heterocycles. The molecule has 0 fully saturated rings. The van der Waals surface area contributed by atoms with Gasteiger partial charge in [-0.25, -0.2) is 0 Å². The third-order valence-electron chi connectivity index (χ3n) is 1.34. The van der Waals surface area contributed by atoms with Gasteiger partial charge in [-0.15, -0.1) is 0 Å². The molecule has 0 radical (unpaired) electrons. The summed E-state index contributed by atoms with van der Waals surface area (Å²) in [5, 5.41) is 8.37. The van der Waals surface area contributed by atoms with E-state index in [1.807, 2.05) is 20.8 Å². The second-order valence-electron chi connectivity index (χ2n) is 4.37. The van der Waals surface area contributed by atoms with Crippen molar-refractivity contribution < 1.29 is 19.4 Å². The van der Waals surface area contributed by atoms with E-state index in [1.54, 1.807) is 0 Å². The lowest BCUT2D eigenvalue weighted by molar-refractivity contribution is -0.151. The average molecular weight is 203 g/mol. The molecule has 0 spiro atoms. The Bertz CT molecular complexity index is 219. The van der Waals surface area contributed by atoms with Gasteiger partial charge in [-0.05, 0) is 5.41 Å². The Morgan fingerprint density at radius 2 is 1.93 bits per heavy atom. The van der Waals surface area contributed by atoms with Gasteiger partial charge < -0.3 is 15.6 Å². The van der Waals surface area contributed by atoms with Crippen LogP contribution in [0.25, 0.3) is 0 Å². The smallest absolute Gasteiger partial charge is 0.323 e. The first-order chi connectivity index (χ1) is 6.22. The molecule has 0 saturated carbocycles. The van der Waals surface area contributed by atoms with Crippen molar-refractivity contribution in [3.05, 3.63) is 0 Å². The van der Waals surface area contributed by atoms with Crippen LogP contribution in [0.15, 0.2) is 0 Å². The van der Waals surface area contributed by atoms with Crippen molar-refractivity contribution in [1.29, 1.82) is 0 Å². The number of nitrogens with two attached hydrogens (primary N) is 1. The van der Waals surface area contributed by atoms with Crippen LogP contribution in [0.2, 0.25) is 0 Å². The summed E-state index contributed by atoms with van der Waals surface area (Å²) in [4.78, 5) is 21.3. The molecule has 0 bridgehead atoms. The molecule has 0 aliphatic heterocycles. The number of carbonyl (C=O) groups excluding carboxylic acids is 1. The van der Waals surface area contributed by atoms with Gasteiger partial charge in [0.25, 0.3) is 0 Å². The van der Waals surface area contributed by atoms with E-state index < -0.39 is 24.4 Å². The fourth-order valence-corrected chi connectivity index (χ4v) is 0.666. The summed E-state index contributed by atoms with van der Waals surface area (Å²) in [7, 11) is 0. The summed E-state index contributed by atoms with van der Waals surface area (Å²) in [6, 6.07) is -1.07. The first-order valence-electron chi connectivity index (χ1n) is 4.36. The number of carbonyl (C=O) groups is 2. The Morgan fingerprint density at radius 1 is 1.43 bits per heavy atom. The van der Waals surface area contributed by atoms with Crippen LogP contribution >= 0.6 is 0 Å². The molecule has 5 heteroatoms. The molecule has 0 aromatic rings. The molecule has 14 heavy (non-hydrogen) atoms. The zero-order valence-corrected chi connectivity index (χ0v) is 8.74. The van der Waals surface area contributed by atoms with E-state index in [1.165, 1.54) is 0 Å². The second kappa shape index (κ2) is 4.95. The third-order valence-corrected chi connectivity index (χ3v) is 1.34. The van der Waals surface area contributed by atoms with Crippen molar-refractivity contribution >= 4 is 11.9 Å². The van der Waals surface area contributed by atoms with Gasteiger partial charge in [0.15, 0.2) is 0 Å². The van der Waals surface area contributed by atoms with Gasteiger partial charge in [0.2, 0.25) is 0 Å². The minimum atomic E-state index is -1.11. The van der Waals surface area contributed by atoms with Crippen LogP contribution in [-0.2, 0) is 14.3 Å². The standard InChI is InChI=1S/C9H17NO4/c1-9(2,3)5-14-8(13)6(10)4-7(11)12/h6H,4-5,10H2,1-3H3,(H,11,12). The summed E-state index contributed by atoms with van der Waals surface area (Å²) in [6.07, 6.45) is -0.400. The van der Waals surface area contributed by atoms with Crippen LogP contribution in [0.1, 0.15) is 27.2 Å². The molecule has 0 saturated heterocycles. The van der Waals surface area contributed by atoms with Crippen molar-refractivity contribution in [3.63, 3.8) is 0 Å².